The van der Waals surface area contributed by atoms with Crippen molar-refractivity contribution in [3.05, 3.63) is 0 Å². The molecule has 0 aromatic heterocycles. The molecule has 1 atom stereocenters. The Bertz CT molecular complexity index is 304. The molecule has 3 aliphatic rings. The van der Waals surface area contributed by atoms with E-state index in [1.54, 1.807) is 0 Å². The maximum Gasteiger partial charge on any atom is 0.220 e. The minimum Gasteiger partial charge on any atom is -0.356 e. The van der Waals surface area contributed by atoms with Crippen molar-refractivity contribution in [2.45, 2.75) is 32.1 Å². The molecule has 0 aromatic carbocycles. The van der Waals surface area contributed by atoms with E-state index in [4.69, 9.17) is 0 Å². The van der Waals surface area contributed by atoms with E-state index in [1.165, 1.54) is 58.4 Å². The van der Waals surface area contributed by atoms with Gasteiger partial charge in [-0.25, -0.2) is 0 Å². The summed E-state index contributed by atoms with van der Waals surface area (Å²) in [6.45, 7) is 6.95. The smallest absolute Gasteiger partial charge is 0.220 e. The van der Waals surface area contributed by atoms with Crippen LogP contribution in [0.4, 0.5) is 0 Å². The molecule has 4 nitrogen and oxygen atoms in total. The Balaban J connectivity index is 1.46. The number of likely N-dealkylation sites (tertiary alicyclic amines) is 1. The third kappa shape index (κ3) is 2.69. The quantitative estimate of drug-likeness (QED) is 0.755. The van der Waals surface area contributed by atoms with Crippen molar-refractivity contribution in [1.29, 1.82) is 0 Å². The van der Waals surface area contributed by atoms with Gasteiger partial charge in [0.2, 0.25) is 5.91 Å². The highest BCUT2D eigenvalue weighted by atomic mass is 16.1. The molecule has 2 N–H and O–H groups in total. The first-order valence-corrected chi connectivity index (χ1v) is 7.46. The van der Waals surface area contributed by atoms with Crippen LogP contribution in [-0.2, 0) is 4.79 Å². The molecule has 102 valence electrons. The molecule has 0 bridgehead atoms. The Morgan fingerprint density at radius 2 is 2.17 bits per heavy atom. The number of carbonyl (C=O) groups excluding carboxylic acids is 1. The Kier molecular flexibility index (Phi) is 3.57. The van der Waals surface area contributed by atoms with Crippen LogP contribution in [0.2, 0.25) is 0 Å². The van der Waals surface area contributed by atoms with Gasteiger partial charge in [-0.3, -0.25) is 4.79 Å². The minimum absolute atomic E-state index is 0.264. The second-order valence-electron chi connectivity index (χ2n) is 6.47. The summed E-state index contributed by atoms with van der Waals surface area (Å²) in [5.74, 6) is 1.11. The molecular formula is C14H25N3O. The van der Waals surface area contributed by atoms with Gasteiger partial charge < -0.3 is 15.5 Å². The van der Waals surface area contributed by atoms with Gasteiger partial charge in [0.15, 0.2) is 0 Å². The number of hydrogen-bond acceptors (Lipinski definition) is 3. The van der Waals surface area contributed by atoms with Crippen molar-refractivity contribution in [2.24, 2.45) is 11.3 Å². The van der Waals surface area contributed by atoms with E-state index in [0.29, 0.717) is 5.41 Å². The lowest BCUT2D eigenvalue weighted by atomic mass is 9.77. The maximum absolute atomic E-state index is 11.4. The number of piperidine rings is 2. The summed E-state index contributed by atoms with van der Waals surface area (Å²) < 4.78 is 0. The zero-order valence-corrected chi connectivity index (χ0v) is 11.2. The normalized spacial score (nSPS) is 32.7. The minimum atomic E-state index is 0.264. The van der Waals surface area contributed by atoms with Crippen LogP contribution in [0.5, 0.6) is 0 Å². The summed E-state index contributed by atoms with van der Waals surface area (Å²) in [6, 6.07) is 0. The van der Waals surface area contributed by atoms with Gasteiger partial charge in [0, 0.05) is 19.5 Å². The van der Waals surface area contributed by atoms with Gasteiger partial charge in [0.05, 0.1) is 0 Å². The lowest BCUT2D eigenvalue weighted by Gasteiger charge is -2.40. The van der Waals surface area contributed by atoms with Gasteiger partial charge in [-0.05, 0) is 63.2 Å². The van der Waals surface area contributed by atoms with Crippen LogP contribution in [0.1, 0.15) is 32.1 Å². The Hall–Kier alpha value is -0.610. The number of nitrogens with one attached hydrogen (secondary N) is 2. The van der Waals surface area contributed by atoms with E-state index in [1.807, 2.05) is 0 Å². The van der Waals surface area contributed by atoms with Crippen LogP contribution < -0.4 is 10.6 Å². The van der Waals surface area contributed by atoms with Gasteiger partial charge in [0.1, 0.15) is 0 Å². The molecule has 0 saturated carbocycles. The Morgan fingerprint density at radius 3 is 2.78 bits per heavy atom. The number of rotatable bonds is 2. The van der Waals surface area contributed by atoms with Gasteiger partial charge in [-0.15, -0.1) is 0 Å². The molecule has 3 aliphatic heterocycles. The summed E-state index contributed by atoms with van der Waals surface area (Å²) >= 11 is 0. The van der Waals surface area contributed by atoms with E-state index in [0.717, 1.165) is 18.9 Å². The van der Waals surface area contributed by atoms with Crippen molar-refractivity contribution >= 4 is 5.91 Å². The number of amides is 1. The zero-order valence-electron chi connectivity index (χ0n) is 11.2. The Labute approximate surface area is 109 Å². The molecule has 4 heteroatoms. The number of carbonyl (C=O) groups is 1. The molecule has 3 fully saturated rings. The molecule has 0 aromatic rings. The molecule has 3 rings (SSSR count). The lowest BCUT2D eigenvalue weighted by Crippen LogP contribution is -2.45. The van der Waals surface area contributed by atoms with E-state index < -0.39 is 0 Å². The van der Waals surface area contributed by atoms with Crippen molar-refractivity contribution in [3.8, 4) is 0 Å². The highest BCUT2D eigenvalue weighted by Gasteiger charge is 2.40. The van der Waals surface area contributed by atoms with Crippen molar-refractivity contribution in [1.82, 2.24) is 15.5 Å². The van der Waals surface area contributed by atoms with Crippen LogP contribution in [0.15, 0.2) is 0 Å². The fourth-order valence-corrected chi connectivity index (χ4v) is 3.76. The molecule has 1 unspecified atom stereocenters. The van der Waals surface area contributed by atoms with Gasteiger partial charge in [-0.2, -0.15) is 0 Å². The highest BCUT2D eigenvalue weighted by Crippen LogP contribution is 2.37. The van der Waals surface area contributed by atoms with Crippen molar-refractivity contribution < 1.29 is 4.79 Å². The fraction of sp³-hybridized carbons (Fsp3) is 0.929. The molecule has 3 heterocycles. The topological polar surface area (TPSA) is 44.4 Å². The summed E-state index contributed by atoms with van der Waals surface area (Å²) in [5.41, 5.74) is 0.304. The SMILES string of the molecule is O=C1CC2(CCN(CC3CCCNC3)CC2)CN1. The average molecular weight is 251 g/mol. The summed E-state index contributed by atoms with van der Waals surface area (Å²) in [4.78, 5) is 14.0. The summed E-state index contributed by atoms with van der Waals surface area (Å²) in [6.07, 6.45) is 5.89. The summed E-state index contributed by atoms with van der Waals surface area (Å²) in [5, 5.41) is 6.51. The van der Waals surface area contributed by atoms with Gasteiger partial charge >= 0.3 is 0 Å². The zero-order chi connectivity index (χ0) is 12.4. The lowest BCUT2D eigenvalue weighted by molar-refractivity contribution is -0.119. The van der Waals surface area contributed by atoms with Crippen molar-refractivity contribution in [2.75, 3.05) is 39.3 Å². The van der Waals surface area contributed by atoms with Crippen LogP contribution in [0.25, 0.3) is 0 Å². The largest absolute Gasteiger partial charge is 0.356 e. The summed E-state index contributed by atoms with van der Waals surface area (Å²) in [7, 11) is 0. The average Bonchev–Trinajstić information content (AvgIpc) is 2.75. The fourth-order valence-electron chi connectivity index (χ4n) is 3.76. The highest BCUT2D eigenvalue weighted by molar-refractivity contribution is 5.79. The molecule has 1 amide bonds. The number of hydrogen-bond donors (Lipinski definition) is 2. The predicted molar refractivity (Wildman–Crippen MR) is 71.3 cm³/mol. The standard InChI is InChI=1S/C14H25N3O/c18-13-8-14(11-16-13)3-6-17(7-4-14)10-12-2-1-5-15-9-12/h12,15H,1-11H2,(H,16,18). The molecule has 3 saturated heterocycles. The van der Waals surface area contributed by atoms with Gasteiger partial charge in [-0.1, -0.05) is 0 Å². The van der Waals surface area contributed by atoms with Crippen LogP contribution in [-0.4, -0.2) is 50.1 Å². The first-order chi connectivity index (χ1) is 8.76. The first kappa shape index (κ1) is 12.4. The second-order valence-corrected chi connectivity index (χ2v) is 6.47. The third-order valence-electron chi connectivity index (χ3n) is 5.03. The van der Waals surface area contributed by atoms with Crippen LogP contribution >= 0.6 is 0 Å². The molecule has 0 aliphatic carbocycles. The molecule has 1 spiro atoms. The van der Waals surface area contributed by atoms with E-state index in [2.05, 4.69) is 15.5 Å². The Morgan fingerprint density at radius 1 is 1.33 bits per heavy atom. The number of nitrogens with zero attached hydrogens (tertiary/aromatic N) is 1. The molecular weight excluding hydrogens is 226 g/mol. The van der Waals surface area contributed by atoms with Gasteiger partial charge in [0.25, 0.3) is 0 Å². The van der Waals surface area contributed by atoms with Crippen molar-refractivity contribution in [3.63, 3.8) is 0 Å². The van der Waals surface area contributed by atoms with Crippen LogP contribution in [0.3, 0.4) is 0 Å². The first-order valence-electron chi connectivity index (χ1n) is 7.46. The van der Waals surface area contributed by atoms with E-state index in [9.17, 15) is 4.79 Å². The monoisotopic (exact) mass is 251 g/mol. The van der Waals surface area contributed by atoms with Crippen LogP contribution in [0, 0.1) is 11.3 Å². The van der Waals surface area contributed by atoms with E-state index >= 15 is 0 Å². The third-order valence-corrected chi connectivity index (χ3v) is 5.03. The maximum atomic E-state index is 11.4. The predicted octanol–water partition coefficient (Wildman–Crippen LogP) is 0.588. The second kappa shape index (κ2) is 5.17. The van der Waals surface area contributed by atoms with E-state index in [-0.39, 0.29) is 5.91 Å². The molecule has 18 heavy (non-hydrogen) atoms. The molecule has 0 radical (unpaired) electrons.